The predicted molar refractivity (Wildman–Crippen MR) is 98.0 cm³/mol. The van der Waals surface area contributed by atoms with Crippen LogP contribution in [0.1, 0.15) is 37.8 Å². The topological polar surface area (TPSA) is 16.8 Å². The van der Waals surface area contributed by atoms with E-state index >= 15 is 0 Å². The van der Waals surface area contributed by atoms with Crippen molar-refractivity contribution < 1.29 is 8.68 Å². The Balaban J connectivity index is 2.04. The Morgan fingerprint density at radius 1 is 1.04 bits per heavy atom. The van der Waals surface area contributed by atoms with Gasteiger partial charge < -0.3 is 0 Å². The molecule has 120 valence electrons. The summed E-state index contributed by atoms with van der Waals surface area (Å²) in [5.74, 6) is 0. The molecular formula is C22H23N2+. The van der Waals surface area contributed by atoms with Crippen LogP contribution < -0.4 is 4.57 Å². The molecule has 0 fully saturated rings. The van der Waals surface area contributed by atoms with Crippen molar-refractivity contribution in [2.75, 3.05) is 0 Å². The van der Waals surface area contributed by atoms with E-state index in [0.717, 1.165) is 28.2 Å². The molecule has 0 saturated heterocycles. The second kappa shape index (κ2) is 5.27. The fourth-order valence-corrected chi connectivity index (χ4v) is 3.80. The van der Waals surface area contributed by atoms with Crippen LogP contribution in [-0.2, 0) is 13.5 Å². The highest BCUT2D eigenvalue weighted by Gasteiger charge is 2.28. The molecule has 0 spiro atoms. The molecule has 0 amide bonds. The van der Waals surface area contributed by atoms with E-state index in [1.54, 1.807) is 6.07 Å². The monoisotopic (exact) mass is 318 g/mol. The minimum absolute atomic E-state index is 0.409. The summed E-state index contributed by atoms with van der Waals surface area (Å²) < 4.78 is 26.1. The van der Waals surface area contributed by atoms with Gasteiger partial charge in [-0.3, -0.25) is 4.98 Å². The number of nitrogens with zero attached hydrogens (tertiary/aromatic N) is 2. The fraction of sp³-hybridized carbons (Fsp3) is 0.273. The molecule has 2 nitrogen and oxygen atoms in total. The number of rotatable bonds is 1. The molecule has 24 heavy (non-hydrogen) atoms. The van der Waals surface area contributed by atoms with E-state index in [0.29, 0.717) is 12.0 Å². The molecule has 0 aliphatic heterocycles. The number of aryl methyl sites for hydroxylation is 5. The SMILES string of the molecule is [2H]C([2H])([2H])c1cc(C)nc2c1-c1ccc(C)c(-c3cc(C)cc[n+]3C)c1C2. The van der Waals surface area contributed by atoms with Crippen LogP contribution in [0.3, 0.4) is 0 Å². The molecular weight excluding hydrogens is 292 g/mol. The quantitative estimate of drug-likeness (QED) is 0.476. The first-order chi connectivity index (χ1) is 12.7. The number of benzene rings is 1. The minimum Gasteiger partial charge on any atom is -0.257 e. The zero-order chi connectivity index (χ0) is 19.5. The molecule has 0 N–H and O–H groups in total. The lowest BCUT2D eigenvalue weighted by Gasteiger charge is -2.11. The van der Waals surface area contributed by atoms with Gasteiger partial charge in [0, 0.05) is 33.9 Å². The van der Waals surface area contributed by atoms with Crippen LogP contribution in [0.25, 0.3) is 22.4 Å². The molecule has 0 atom stereocenters. The van der Waals surface area contributed by atoms with Gasteiger partial charge in [0.2, 0.25) is 5.69 Å². The summed E-state index contributed by atoms with van der Waals surface area (Å²) in [5, 5.41) is 0. The second-order valence-electron chi connectivity index (χ2n) is 6.79. The van der Waals surface area contributed by atoms with Crippen LogP contribution in [-0.4, -0.2) is 4.98 Å². The lowest BCUT2D eigenvalue weighted by atomic mass is 9.93. The fourth-order valence-electron chi connectivity index (χ4n) is 3.80. The maximum Gasteiger partial charge on any atom is 0.213 e. The van der Waals surface area contributed by atoms with E-state index < -0.39 is 6.85 Å². The summed E-state index contributed by atoms with van der Waals surface area (Å²) in [4.78, 5) is 4.69. The Bertz CT molecular complexity index is 1080. The van der Waals surface area contributed by atoms with Crippen LogP contribution >= 0.6 is 0 Å². The molecule has 4 rings (SSSR count). The summed E-state index contributed by atoms with van der Waals surface area (Å²) in [6.45, 7) is 3.92. The third-order valence-electron chi connectivity index (χ3n) is 4.92. The van der Waals surface area contributed by atoms with Gasteiger partial charge in [-0.05, 0) is 61.5 Å². The Morgan fingerprint density at radius 3 is 2.67 bits per heavy atom. The molecule has 0 bridgehead atoms. The lowest BCUT2D eigenvalue weighted by molar-refractivity contribution is -0.660. The zero-order valence-corrected chi connectivity index (χ0v) is 14.6. The van der Waals surface area contributed by atoms with Crippen molar-refractivity contribution in [1.29, 1.82) is 0 Å². The molecule has 0 saturated carbocycles. The summed E-state index contributed by atoms with van der Waals surface area (Å²) in [7, 11) is 2.05. The van der Waals surface area contributed by atoms with Crippen LogP contribution in [0.15, 0.2) is 36.5 Å². The van der Waals surface area contributed by atoms with E-state index in [-0.39, 0.29) is 0 Å². The summed E-state index contributed by atoms with van der Waals surface area (Å²) in [5.41, 5.74) is 9.74. The molecule has 1 aromatic carbocycles. The third kappa shape index (κ3) is 2.17. The summed E-state index contributed by atoms with van der Waals surface area (Å²) in [6.07, 6.45) is 2.74. The van der Waals surface area contributed by atoms with E-state index in [9.17, 15) is 0 Å². The summed E-state index contributed by atoms with van der Waals surface area (Å²) in [6, 6.07) is 10.1. The van der Waals surface area contributed by atoms with Crippen molar-refractivity contribution in [2.24, 2.45) is 7.05 Å². The van der Waals surface area contributed by atoms with E-state index in [4.69, 9.17) is 9.10 Å². The van der Waals surface area contributed by atoms with Crippen molar-refractivity contribution in [3.63, 3.8) is 0 Å². The van der Waals surface area contributed by atoms with E-state index in [1.807, 2.05) is 14.0 Å². The molecule has 3 aromatic rings. The lowest BCUT2D eigenvalue weighted by Crippen LogP contribution is -2.31. The molecule has 0 unspecified atom stereocenters. The molecule has 2 heteroatoms. The highest BCUT2D eigenvalue weighted by Crippen LogP contribution is 2.43. The standard InChI is InChI=1S/C22H23N2/c1-13-8-9-24(5)20(10-13)22-14(2)6-7-17-18(22)12-19-21(17)15(3)11-16(4)23-19/h6-11H,12H2,1-5H3/q+1/i3D3. The molecule has 2 aromatic heterocycles. The van der Waals surface area contributed by atoms with Crippen molar-refractivity contribution in [3.8, 4) is 22.4 Å². The third-order valence-corrected chi connectivity index (χ3v) is 4.92. The first kappa shape index (κ1) is 12.0. The van der Waals surface area contributed by atoms with Crippen LogP contribution in [0.5, 0.6) is 0 Å². The Hall–Kier alpha value is -2.48. The van der Waals surface area contributed by atoms with Crippen molar-refractivity contribution in [2.45, 2.75) is 34.0 Å². The van der Waals surface area contributed by atoms with Gasteiger partial charge in [0.05, 0.1) is 11.3 Å². The highest BCUT2D eigenvalue weighted by molar-refractivity contribution is 5.85. The minimum atomic E-state index is -2.15. The molecule has 1 aliphatic rings. The number of hydrogen-bond acceptors (Lipinski definition) is 1. The molecule has 2 heterocycles. The maximum absolute atomic E-state index is 8.00. The zero-order valence-electron chi connectivity index (χ0n) is 17.6. The second-order valence-corrected chi connectivity index (χ2v) is 6.79. The van der Waals surface area contributed by atoms with Crippen LogP contribution in [0, 0.1) is 27.6 Å². The smallest absolute Gasteiger partial charge is 0.213 e. The Kier molecular flexibility index (Phi) is 2.63. The predicted octanol–water partition coefficient (Wildman–Crippen LogP) is 4.38. The highest BCUT2D eigenvalue weighted by atomic mass is 14.9. The average Bonchev–Trinajstić information content (AvgIpc) is 2.93. The number of hydrogen-bond donors (Lipinski definition) is 0. The number of aromatic nitrogens is 2. The largest absolute Gasteiger partial charge is 0.257 e. The van der Waals surface area contributed by atoms with E-state index in [2.05, 4.69) is 48.9 Å². The molecule has 1 aliphatic carbocycles. The van der Waals surface area contributed by atoms with Gasteiger partial charge in [0.15, 0.2) is 6.20 Å². The summed E-state index contributed by atoms with van der Waals surface area (Å²) >= 11 is 0. The van der Waals surface area contributed by atoms with Gasteiger partial charge in [0.1, 0.15) is 7.05 Å². The maximum atomic E-state index is 8.00. The van der Waals surface area contributed by atoms with Gasteiger partial charge >= 0.3 is 0 Å². The van der Waals surface area contributed by atoms with Crippen LogP contribution in [0.2, 0.25) is 0 Å². The molecule has 0 radical (unpaired) electrons. The first-order valence-electron chi connectivity index (χ1n) is 9.77. The number of pyridine rings is 2. The Labute approximate surface area is 148 Å². The van der Waals surface area contributed by atoms with Gasteiger partial charge in [-0.25, -0.2) is 4.57 Å². The Morgan fingerprint density at radius 2 is 1.88 bits per heavy atom. The van der Waals surface area contributed by atoms with Gasteiger partial charge in [-0.2, -0.15) is 0 Å². The van der Waals surface area contributed by atoms with Crippen molar-refractivity contribution >= 4 is 0 Å². The average molecular weight is 318 g/mol. The number of fused-ring (bicyclic) bond motifs is 3. The van der Waals surface area contributed by atoms with Gasteiger partial charge in [-0.15, -0.1) is 0 Å². The normalized spacial score (nSPS) is 14.6. The van der Waals surface area contributed by atoms with Crippen LogP contribution in [0.4, 0.5) is 0 Å². The van der Waals surface area contributed by atoms with Crippen molar-refractivity contribution in [3.05, 3.63) is 70.2 Å². The van der Waals surface area contributed by atoms with Crippen molar-refractivity contribution in [1.82, 2.24) is 4.98 Å². The first-order valence-corrected chi connectivity index (χ1v) is 8.27. The van der Waals surface area contributed by atoms with Gasteiger partial charge in [-0.1, -0.05) is 12.1 Å². The van der Waals surface area contributed by atoms with E-state index in [1.165, 1.54) is 22.3 Å². The van der Waals surface area contributed by atoms with Gasteiger partial charge in [0.25, 0.3) is 0 Å².